The molecule has 0 aliphatic rings. The molecule has 2 aromatic heterocycles. The summed E-state index contributed by atoms with van der Waals surface area (Å²) in [6, 6.07) is 12.6. The zero-order chi connectivity index (χ0) is 29.4. The number of nitrogens with one attached hydrogen (secondary N) is 4. The number of hydrogen-bond donors (Lipinski definition) is 6. The standard InChI is InChI=1S/C27H29N9O5/c1-41-26(40)20(10-11-21(37)31-12-15-2-6-17(28)7-3-15)34-24(38)16-4-8-18(9-5-16)30-13-19-14-32-23-22(33-19)25(39)36-27(29)35-23/h2-9,14,20,30H,10-13,28H2,1H3,(H,31,37)(H,34,38)(H3,29,32,35,36,39). The maximum absolute atomic E-state index is 12.8. The molecule has 4 rings (SSSR count). The maximum atomic E-state index is 12.8. The quantitative estimate of drug-likeness (QED) is 0.112. The lowest BCUT2D eigenvalue weighted by Gasteiger charge is -2.17. The second-order valence-corrected chi connectivity index (χ2v) is 9.02. The van der Waals surface area contributed by atoms with Crippen LogP contribution in [0.2, 0.25) is 0 Å². The predicted octanol–water partition coefficient (Wildman–Crippen LogP) is 0.858. The van der Waals surface area contributed by atoms with Crippen LogP contribution in [0.5, 0.6) is 0 Å². The zero-order valence-corrected chi connectivity index (χ0v) is 22.1. The molecule has 0 aliphatic heterocycles. The number of ether oxygens (including phenoxy) is 1. The van der Waals surface area contributed by atoms with Crippen molar-refractivity contribution in [3.05, 3.63) is 81.9 Å². The van der Waals surface area contributed by atoms with Crippen LogP contribution in [0.4, 0.5) is 17.3 Å². The van der Waals surface area contributed by atoms with Gasteiger partial charge in [-0.25, -0.2) is 14.8 Å². The summed E-state index contributed by atoms with van der Waals surface area (Å²) in [6.45, 7) is 0.565. The molecule has 2 heterocycles. The number of hydrogen-bond acceptors (Lipinski definition) is 11. The smallest absolute Gasteiger partial charge is 0.328 e. The van der Waals surface area contributed by atoms with E-state index in [2.05, 4.69) is 35.9 Å². The van der Waals surface area contributed by atoms with E-state index in [1.165, 1.54) is 13.3 Å². The number of H-pyrrole nitrogens is 1. The third kappa shape index (κ3) is 7.75. The van der Waals surface area contributed by atoms with Gasteiger partial charge in [-0.1, -0.05) is 12.1 Å². The molecule has 4 aromatic rings. The minimum Gasteiger partial charge on any atom is -0.467 e. The average molecular weight is 560 g/mol. The third-order valence-electron chi connectivity index (χ3n) is 6.03. The number of carbonyl (C=O) groups excluding carboxylic acids is 3. The molecule has 1 unspecified atom stereocenters. The monoisotopic (exact) mass is 559 g/mol. The zero-order valence-electron chi connectivity index (χ0n) is 22.1. The summed E-state index contributed by atoms with van der Waals surface area (Å²) in [4.78, 5) is 64.1. The molecule has 0 bridgehead atoms. The van der Waals surface area contributed by atoms with Crippen LogP contribution in [0.15, 0.2) is 59.5 Å². The molecule has 41 heavy (non-hydrogen) atoms. The van der Waals surface area contributed by atoms with E-state index >= 15 is 0 Å². The topological polar surface area (TPSA) is 220 Å². The summed E-state index contributed by atoms with van der Waals surface area (Å²) in [7, 11) is 1.21. The van der Waals surface area contributed by atoms with E-state index in [1.54, 1.807) is 36.4 Å². The summed E-state index contributed by atoms with van der Waals surface area (Å²) in [6.07, 6.45) is 1.54. The molecule has 0 saturated heterocycles. The number of aromatic nitrogens is 4. The predicted molar refractivity (Wildman–Crippen MR) is 151 cm³/mol. The van der Waals surface area contributed by atoms with Crippen molar-refractivity contribution in [2.75, 3.05) is 23.9 Å². The summed E-state index contributed by atoms with van der Waals surface area (Å²) in [5.41, 5.74) is 13.9. The molecule has 0 fully saturated rings. The molecular formula is C27H29N9O5. The van der Waals surface area contributed by atoms with Crippen LogP contribution in [-0.2, 0) is 27.4 Å². The first kappa shape index (κ1) is 28.5. The fourth-order valence-corrected chi connectivity index (χ4v) is 3.82. The first-order chi connectivity index (χ1) is 19.7. The van der Waals surface area contributed by atoms with Crippen LogP contribution >= 0.6 is 0 Å². The Kier molecular flexibility index (Phi) is 9.04. The summed E-state index contributed by atoms with van der Waals surface area (Å²) >= 11 is 0. The Morgan fingerprint density at radius 2 is 1.73 bits per heavy atom. The van der Waals surface area contributed by atoms with Crippen molar-refractivity contribution in [3.8, 4) is 0 Å². The van der Waals surface area contributed by atoms with Crippen LogP contribution < -0.4 is 33.0 Å². The summed E-state index contributed by atoms with van der Waals surface area (Å²) in [5, 5.41) is 8.54. The van der Waals surface area contributed by atoms with Crippen LogP contribution in [0, 0.1) is 0 Å². The van der Waals surface area contributed by atoms with Crippen molar-refractivity contribution in [1.82, 2.24) is 30.6 Å². The highest BCUT2D eigenvalue weighted by Crippen LogP contribution is 2.13. The second-order valence-electron chi connectivity index (χ2n) is 9.02. The van der Waals surface area contributed by atoms with Gasteiger partial charge in [0.05, 0.1) is 25.5 Å². The van der Waals surface area contributed by atoms with Gasteiger partial charge in [0.15, 0.2) is 11.2 Å². The minimum atomic E-state index is -1.01. The molecule has 14 heteroatoms. The Morgan fingerprint density at radius 1 is 1.00 bits per heavy atom. The van der Waals surface area contributed by atoms with Crippen LogP contribution in [0.3, 0.4) is 0 Å². The van der Waals surface area contributed by atoms with Gasteiger partial charge in [0, 0.05) is 29.9 Å². The van der Waals surface area contributed by atoms with E-state index in [-0.39, 0.29) is 42.4 Å². The fraction of sp³-hybridized carbons (Fsp3) is 0.222. The Morgan fingerprint density at radius 3 is 2.44 bits per heavy atom. The molecule has 2 amide bonds. The number of rotatable bonds is 11. The van der Waals surface area contributed by atoms with E-state index in [0.29, 0.717) is 29.2 Å². The lowest BCUT2D eigenvalue weighted by molar-refractivity contribution is -0.143. The lowest BCUT2D eigenvalue weighted by atomic mass is 10.1. The Hall–Kier alpha value is -5.53. The Labute approximate surface area is 233 Å². The van der Waals surface area contributed by atoms with E-state index in [4.69, 9.17) is 16.2 Å². The van der Waals surface area contributed by atoms with Crippen molar-refractivity contribution in [2.24, 2.45) is 0 Å². The number of nitrogens with zero attached hydrogens (tertiary/aromatic N) is 3. The van der Waals surface area contributed by atoms with E-state index < -0.39 is 23.5 Å². The third-order valence-corrected chi connectivity index (χ3v) is 6.03. The van der Waals surface area contributed by atoms with Crippen molar-refractivity contribution < 1.29 is 19.1 Å². The molecule has 0 radical (unpaired) electrons. The normalized spacial score (nSPS) is 11.4. The number of methoxy groups -OCH3 is 1. The number of nitrogens with two attached hydrogens (primary N) is 2. The number of nitrogen functional groups attached to an aromatic ring is 2. The molecule has 0 saturated carbocycles. The molecular weight excluding hydrogens is 530 g/mol. The van der Waals surface area contributed by atoms with E-state index in [9.17, 15) is 19.2 Å². The van der Waals surface area contributed by atoms with Crippen LogP contribution in [-0.4, -0.2) is 50.9 Å². The average Bonchev–Trinajstić information content (AvgIpc) is 2.97. The SMILES string of the molecule is COC(=O)C(CCC(=O)NCc1ccc(N)cc1)NC(=O)c1ccc(NCc2cnc3nc(N)[nH]c(=O)c3n2)cc1. The van der Waals surface area contributed by atoms with Gasteiger partial charge in [0.1, 0.15) is 6.04 Å². The largest absolute Gasteiger partial charge is 0.467 e. The van der Waals surface area contributed by atoms with Gasteiger partial charge in [0.25, 0.3) is 11.5 Å². The molecule has 1 atom stereocenters. The maximum Gasteiger partial charge on any atom is 0.328 e. The first-order valence-electron chi connectivity index (χ1n) is 12.6. The van der Waals surface area contributed by atoms with Crippen molar-refractivity contribution in [2.45, 2.75) is 32.0 Å². The van der Waals surface area contributed by atoms with Gasteiger partial charge < -0.3 is 32.2 Å². The number of carbonyl (C=O) groups is 3. The van der Waals surface area contributed by atoms with Gasteiger partial charge in [0.2, 0.25) is 11.9 Å². The first-order valence-corrected chi connectivity index (χ1v) is 12.6. The summed E-state index contributed by atoms with van der Waals surface area (Å²) < 4.78 is 4.81. The second kappa shape index (κ2) is 13.0. The lowest BCUT2D eigenvalue weighted by Crippen LogP contribution is -2.42. The Balaban J connectivity index is 1.29. The minimum absolute atomic E-state index is 0.00482. The highest BCUT2D eigenvalue weighted by Gasteiger charge is 2.23. The van der Waals surface area contributed by atoms with Crippen molar-refractivity contribution in [3.63, 3.8) is 0 Å². The summed E-state index contributed by atoms with van der Waals surface area (Å²) in [5.74, 6) is -1.47. The highest BCUT2D eigenvalue weighted by atomic mass is 16.5. The Bertz CT molecular complexity index is 1600. The van der Waals surface area contributed by atoms with E-state index in [0.717, 1.165) is 5.56 Å². The highest BCUT2D eigenvalue weighted by molar-refractivity contribution is 5.97. The molecule has 212 valence electrons. The number of fused-ring (bicyclic) bond motifs is 1. The number of esters is 1. The van der Waals surface area contributed by atoms with Gasteiger partial charge in [-0.15, -0.1) is 0 Å². The van der Waals surface area contributed by atoms with Gasteiger partial charge in [-0.2, -0.15) is 4.98 Å². The van der Waals surface area contributed by atoms with Gasteiger partial charge in [-0.3, -0.25) is 19.4 Å². The number of amides is 2. The molecule has 14 nitrogen and oxygen atoms in total. The fourth-order valence-electron chi connectivity index (χ4n) is 3.82. The molecule has 8 N–H and O–H groups in total. The van der Waals surface area contributed by atoms with Gasteiger partial charge >= 0.3 is 5.97 Å². The van der Waals surface area contributed by atoms with E-state index in [1.807, 2.05) is 12.1 Å². The van der Waals surface area contributed by atoms with Crippen molar-refractivity contribution >= 4 is 46.3 Å². The molecule has 2 aromatic carbocycles. The number of benzene rings is 2. The van der Waals surface area contributed by atoms with Gasteiger partial charge in [-0.05, 0) is 48.4 Å². The number of aromatic amines is 1. The van der Waals surface area contributed by atoms with Crippen molar-refractivity contribution in [1.29, 1.82) is 0 Å². The van der Waals surface area contributed by atoms with Crippen LogP contribution in [0.1, 0.15) is 34.5 Å². The molecule has 0 aliphatic carbocycles. The van der Waals surface area contributed by atoms with Crippen LogP contribution in [0.25, 0.3) is 11.2 Å². The molecule has 0 spiro atoms. The number of anilines is 3.